The topological polar surface area (TPSA) is 102 Å². The molecule has 27 heavy (non-hydrogen) atoms. The maximum Gasteiger partial charge on any atom is 0.435 e. The lowest BCUT2D eigenvalue weighted by Crippen LogP contribution is -2.29. The molecule has 1 amide bonds. The van der Waals surface area contributed by atoms with Crippen molar-refractivity contribution in [3.63, 3.8) is 0 Å². The summed E-state index contributed by atoms with van der Waals surface area (Å²) < 4.78 is 41.1. The van der Waals surface area contributed by atoms with Crippen molar-refractivity contribution in [3.8, 4) is 0 Å². The Morgan fingerprint density at radius 2 is 2.07 bits per heavy atom. The summed E-state index contributed by atoms with van der Waals surface area (Å²) in [6, 6.07) is 1.11. The zero-order chi connectivity index (χ0) is 19.6. The van der Waals surface area contributed by atoms with Crippen LogP contribution in [0.5, 0.6) is 0 Å². The second-order valence-corrected chi connectivity index (χ2v) is 6.38. The van der Waals surface area contributed by atoms with E-state index in [2.05, 4.69) is 15.5 Å². The van der Waals surface area contributed by atoms with Gasteiger partial charge in [0.2, 0.25) is 5.91 Å². The van der Waals surface area contributed by atoms with Crippen LogP contribution >= 0.6 is 0 Å². The minimum Gasteiger partial charge on any atom is -0.478 e. The van der Waals surface area contributed by atoms with Crippen molar-refractivity contribution >= 4 is 11.9 Å². The normalized spacial score (nSPS) is 14.3. The molecule has 2 aromatic heterocycles. The van der Waals surface area contributed by atoms with Crippen LogP contribution in [-0.4, -0.2) is 43.1 Å². The monoisotopic (exact) mass is 385 g/mol. The van der Waals surface area contributed by atoms with E-state index in [1.165, 1.54) is 15.6 Å². The Bertz CT molecular complexity index is 839. The van der Waals surface area contributed by atoms with E-state index in [1.807, 2.05) is 0 Å². The quantitative estimate of drug-likeness (QED) is 0.676. The lowest BCUT2D eigenvalue weighted by molar-refractivity contribution is -0.141. The fourth-order valence-electron chi connectivity index (χ4n) is 2.68. The zero-order valence-electron chi connectivity index (χ0n) is 14.2. The number of aromatic nitrogens is 4. The molecule has 11 heteroatoms. The Morgan fingerprint density at radius 3 is 2.67 bits per heavy atom. The van der Waals surface area contributed by atoms with Crippen LogP contribution in [0.15, 0.2) is 18.5 Å². The highest BCUT2D eigenvalue weighted by atomic mass is 19.4. The van der Waals surface area contributed by atoms with Crippen LogP contribution in [0.3, 0.4) is 0 Å². The van der Waals surface area contributed by atoms with E-state index in [0.29, 0.717) is 12.1 Å². The van der Waals surface area contributed by atoms with Gasteiger partial charge >= 0.3 is 12.1 Å². The first kappa shape index (κ1) is 18.9. The molecule has 2 aromatic rings. The Morgan fingerprint density at radius 1 is 1.33 bits per heavy atom. The molecule has 146 valence electrons. The van der Waals surface area contributed by atoms with Gasteiger partial charge in [-0.05, 0) is 25.3 Å². The van der Waals surface area contributed by atoms with Gasteiger partial charge in [-0.3, -0.25) is 14.2 Å². The van der Waals surface area contributed by atoms with E-state index >= 15 is 0 Å². The minimum atomic E-state index is -4.47. The van der Waals surface area contributed by atoms with E-state index in [1.54, 1.807) is 0 Å². The third kappa shape index (κ3) is 4.86. The number of carboxylic acid groups (broad SMARTS) is 1. The van der Waals surface area contributed by atoms with E-state index in [0.717, 1.165) is 25.1 Å². The first-order valence-corrected chi connectivity index (χ1v) is 8.41. The summed E-state index contributed by atoms with van der Waals surface area (Å²) in [5.74, 6) is -1.37. The summed E-state index contributed by atoms with van der Waals surface area (Å²) >= 11 is 0. The molecule has 0 atom stereocenters. The summed E-state index contributed by atoms with van der Waals surface area (Å²) in [4.78, 5) is 22.6. The van der Waals surface area contributed by atoms with Crippen LogP contribution in [0.1, 0.15) is 46.9 Å². The largest absolute Gasteiger partial charge is 0.478 e. The number of carbonyl (C=O) groups excluding carboxylic acids is 1. The van der Waals surface area contributed by atoms with E-state index in [9.17, 15) is 22.8 Å². The van der Waals surface area contributed by atoms with Crippen molar-refractivity contribution < 1.29 is 27.9 Å². The number of alkyl halides is 3. The van der Waals surface area contributed by atoms with Crippen LogP contribution in [0, 0.1) is 0 Å². The molecular formula is C16H18F3N5O3. The fourth-order valence-corrected chi connectivity index (χ4v) is 2.68. The Labute approximate surface area is 152 Å². The maximum atomic E-state index is 12.8. The van der Waals surface area contributed by atoms with Crippen molar-refractivity contribution in [2.75, 3.05) is 6.54 Å². The van der Waals surface area contributed by atoms with Crippen molar-refractivity contribution in [2.24, 2.45) is 0 Å². The van der Waals surface area contributed by atoms with Crippen LogP contribution in [0.25, 0.3) is 0 Å². The fraction of sp³-hybridized carbons (Fsp3) is 0.500. The van der Waals surface area contributed by atoms with Gasteiger partial charge in [-0.25, -0.2) is 4.79 Å². The molecule has 0 aliphatic heterocycles. The number of hydrogen-bond donors (Lipinski definition) is 2. The number of hydrogen-bond acceptors (Lipinski definition) is 4. The smallest absolute Gasteiger partial charge is 0.435 e. The van der Waals surface area contributed by atoms with Gasteiger partial charge in [-0.1, -0.05) is 0 Å². The summed E-state index contributed by atoms with van der Waals surface area (Å²) in [6.45, 7) is 0.394. The number of nitrogens with zero attached hydrogens (tertiary/aromatic N) is 4. The predicted molar refractivity (Wildman–Crippen MR) is 86.0 cm³/mol. The Hall–Kier alpha value is -2.85. The van der Waals surface area contributed by atoms with Crippen LogP contribution in [0.2, 0.25) is 0 Å². The Kier molecular flexibility index (Phi) is 5.19. The van der Waals surface area contributed by atoms with Gasteiger partial charge in [-0.2, -0.15) is 23.4 Å². The van der Waals surface area contributed by atoms with Crippen molar-refractivity contribution in [3.05, 3.63) is 35.4 Å². The average Bonchev–Trinajstić information content (AvgIpc) is 3.14. The molecule has 2 N–H and O–H groups in total. The van der Waals surface area contributed by atoms with E-state index < -0.39 is 17.8 Å². The highest BCUT2D eigenvalue weighted by Crippen LogP contribution is 2.42. The molecule has 0 radical (unpaired) electrons. The predicted octanol–water partition coefficient (Wildman–Crippen LogP) is 1.88. The molecule has 8 nitrogen and oxygen atoms in total. The van der Waals surface area contributed by atoms with Gasteiger partial charge in [-0.15, -0.1) is 0 Å². The summed E-state index contributed by atoms with van der Waals surface area (Å²) in [6.07, 6.45) is 0.0622. The van der Waals surface area contributed by atoms with Gasteiger partial charge in [0.05, 0.1) is 11.8 Å². The number of nitrogens with one attached hydrogen (secondary N) is 1. The lowest BCUT2D eigenvalue weighted by atomic mass is 10.2. The highest BCUT2D eigenvalue weighted by Gasteiger charge is 2.37. The van der Waals surface area contributed by atoms with Gasteiger partial charge in [0.25, 0.3) is 0 Å². The first-order valence-electron chi connectivity index (χ1n) is 8.41. The van der Waals surface area contributed by atoms with Gasteiger partial charge in [0.1, 0.15) is 6.54 Å². The maximum absolute atomic E-state index is 12.8. The molecule has 1 saturated carbocycles. The van der Waals surface area contributed by atoms with Gasteiger partial charge in [0, 0.05) is 30.9 Å². The number of amides is 1. The SMILES string of the molecule is O=C(Cn1cc(C(=O)O)cn1)NCCCn1nc(C(F)(F)F)cc1C1CC1. The number of rotatable bonds is 8. The standard InChI is InChI=1S/C16H18F3N5O3/c17-16(18,19)13-6-12(10-2-3-10)24(22-13)5-1-4-20-14(25)9-23-8-11(7-21-23)15(26)27/h6-8,10H,1-5,9H2,(H,20,25)(H,26,27). The molecule has 0 saturated heterocycles. The molecule has 1 aliphatic rings. The van der Waals surface area contributed by atoms with Gasteiger partial charge < -0.3 is 10.4 Å². The molecule has 3 rings (SSSR count). The van der Waals surface area contributed by atoms with Crippen LogP contribution in [-0.2, 0) is 24.1 Å². The average molecular weight is 385 g/mol. The summed E-state index contributed by atoms with van der Waals surface area (Å²) in [5, 5.41) is 18.9. The summed E-state index contributed by atoms with van der Waals surface area (Å²) in [5.41, 5.74) is -0.317. The number of carboxylic acids is 1. The number of aromatic carboxylic acids is 1. The van der Waals surface area contributed by atoms with Crippen molar-refractivity contribution in [1.82, 2.24) is 24.9 Å². The lowest BCUT2D eigenvalue weighted by Gasteiger charge is -2.08. The molecule has 0 spiro atoms. The van der Waals surface area contributed by atoms with E-state index in [4.69, 9.17) is 5.11 Å². The Balaban J connectivity index is 1.47. The molecule has 0 unspecified atom stereocenters. The van der Waals surface area contributed by atoms with Gasteiger partial charge in [0.15, 0.2) is 5.69 Å². The number of halogens is 3. The molecule has 0 bridgehead atoms. The third-order valence-corrected chi connectivity index (χ3v) is 4.15. The van der Waals surface area contributed by atoms with Crippen LogP contribution < -0.4 is 5.32 Å². The molecule has 0 aromatic carbocycles. The molecule has 1 aliphatic carbocycles. The number of carbonyl (C=O) groups is 2. The zero-order valence-corrected chi connectivity index (χ0v) is 14.2. The third-order valence-electron chi connectivity index (χ3n) is 4.15. The van der Waals surface area contributed by atoms with Crippen LogP contribution in [0.4, 0.5) is 13.2 Å². The highest BCUT2D eigenvalue weighted by molar-refractivity contribution is 5.87. The van der Waals surface area contributed by atoms with Crippen molar-refractivity contribution in [1.29, 1.82) is 0 Å². The molecule has 2 heterocycles. The van der Waals surface area contributed by atoms with Crippen molar-refractivity contribution in [2.45, 2.75) is 44.4 Å². The minimum absolute atomic E-state index is 0.0189. The number of aryl methyl sites for hydroxylation is 1. The summed E-state index contributed by atoms with van der Waals surface area (Å²) in [7, 11) is 0. The second-order valence-electron chi connectivity index (χ2n) is 6.38. The molecule has 1 fully saturated rings. The van der Waals surface area contributed by atoms with E-state index in [-0.39, 0.29) is 37.0 Å². The first-order chi connectivity index (χ1) is 12.7. The second kappa shape index (κ2) is 7.41. The molecular weight excluding hydrogens is 367 g/mol.